The van der Waals surface area contributed by atoms with Gasteiger partial charge in [0.25, 0.3) is 0 Å². The Morgan fingerprint density at radius 1 is 0.379 bits per heavy atom. The largest absolute Gasteiger partial charge is 0.310 e. The van der Waals surface area contributed by atoms with Crippen LogP contribution in [0, 0.1) is 0 Å². The van der Waals surface area contributed by atoms with Crippen molar-refractivity contribution in [1.82, 2.24) is 0 Å². The van der Waals surface area contributed by atoms with Gasteiger partial charge in [0.05, 0.1) is 22.5 Å². The molecular formula is C56H40N2. The minimum Gasteiger partial charge on any atom is -0.310 e. The Morgan fingerprint density at radius 2 is 0.931 bits per heavy atom. The van der Waals surface area contributed by atoms with Crippen LogP contribution in [-0.4, -0.2) is 0 Å². The predicted molar refractivity (Wildman–Crippen MR) is 242 cm³/mol. The molecule has 3 aliphatic rings. The lowest BCUT2D eigenvalue weighted by molar-refractivity contribution is 0.660. The van der Waals surface area contributed by atoms with E-state index in [9.17, 15) is 0 Å². The molecule has 0 atom stereocenters. The molecule has 9 aromatic rings. The summed E-state index contributed by atoms with van der Waals surface area (Å²) >= 11 is 0. The Labute approximate surface area is 339 Å². The van der Waals surface area contributed by atoms with Crippen molar-refractivity contribution in [1.29, 1.82) is 0 Å². The van der Waals surface area contributed by atoms with Gasteiger partial charge in [-0.3, -0.25) is 0 Å². The van der Waals surface area contributed by atoms with Crippen LogP contribution in [0.5, 0.6) is 0 Å². The number of hydrogen-bond donors (Lipinski definition) is 0. The molecule has 1 aliphatic heterocycles. The molecule has 0 saturated carbocycles. The molecule has 0 saturated heterocycles. The third-order valence-electron chi connectivity index (χ3n) is 13.2. The van der Waals surface area contributed by atoms with Crippen LogP contribution in [-0.2, 0) is 10.8 Å². The van der Waals surface area contributed by atoms with Gasteiger partial charge in [-0.25, -0.2) is 0 Å². The van der Waals surface area contributed by atoms with Gasteiger partial charge < -0.3 is 9.80 Å². The van der Waals surface area contributed by atoms with E-state index in [1.54, 1.807) is 0 Å². The van der Waals surface area contributed by atoms with E-state index in [0.717, 1.165) is 17.1 Å². The highest BCUT2D eigenvalue weighted by Gasteiger charge is 2.52. The van der Waals surface area contributed by atoms with E-state index < -0.39 is 5.41 Å². The molecule has 2 aliphatic carbocycles. The number of nitrogens with zero attached hydrogens (tertiary/aromatic N) is 2. The minimum atomic E-state index is -0.545. The number of rotatable bonds is 4. The van der Waals surface area contributed by atoms with Gasteiger partial charge in [0.15, 0.2) is 0 Å². The predicted octanol–water partition coefficient (Wildman–Crippen LogP) is 14.8. The van der Waals surface area contributed by atoms with E-state index in [1.165, 1.54) is 83.5 Å². The van der Waals surface area contributed by atoms with Gasteiger partial charge in [0, 0.05) is 28.0 Å². The quantitative estimate of drug-likeness (QED) is 0.177. The van der Waals surface area contributed by atoms with Crippen LogP contribution in [0.4, 0.5) is 34.1 Å². The lowest BCUT2D eigenvalue weighted by Crippen LogP contribution is -2.36. The topological polar surface area (TPSA) is 6.48 Å². The number of fused-ring (bicyclic) bond motifs is 13. The van der Waals surface area contributed by atoms with Crippen LogP contribution in [0.1, 0.15) is 47.2 Å². The summed E-state index contributed by atoms with van der Waals surface area (Å²) in [4.78, 5) is 4.98. The highest BCUT2D eigenvalue weighted by molar-refractivity contribution is 6.02. The van der Waals surface area contributed by atoms with Crippen molar-refractivity contribution in [2.75, 3.05) is 9.80 Å². The number of para-hydroxylation sites is 3. The van der Waals surface area contributed by atoms with E-state index >= 15 is 0 Å². The third-order valence-corrected chi connectivity index (χ3v) is 13.2. The summed E-state index contributed by atoms with van der Waals surface area (Å²) < 4.78 is 0. The molecule has 1 heterocycles. The van der Waals surface area contributed by atoms with Gasteiger partial charge in [-0.2, -0.15) is 0 Å². The average molecular weight is 741 g/mol. The standard InChI is InChI=1S/C56H40N2/c1-55(2)45-23-10-8-21-42(45)43-34-33-41(36-50(43)55)57(40-32-31-37-17-6-7-18-38(37)35-40)53-30-16-27-49-54(53)44-22-9-11-24-46(44)56(49)47-25-12-14-28-51(47)58(39-19-4-3-5-20-39)52-29-15-13-26-48(52)56/h3-36H,1-2H3. The number of hydrogen-bond acceptors (Lipinski definition) is 2. The van der Waals surface area contributed by atoms with E-state index in [0.29, 0.717) is 0 Å². The molecule has 0 fully saturated rings. The first-order chi connectivity index (χ1) is 28.5. The zero-order valence-electron chi connectivity index (χ0n) is 32.5. The van der Waals surface area contributed by atoms with E-state index in [4.69, 9.17) is 0 Å². The van der Waals surface area contributed by atoms with Gasteiger partial charge in [0.2, 0.25) is 0 Å². The van der Waals surface area contributed by atoms with Crippen LogP contribution >= 0.6 is 0 Å². The molecule has 0 N–H and O–H groups in total. The SMILES string of the molecule is CC1(C)c2ccccc2-c2ccc(N(c3ccc4ccccc4c3)c3cccc4c3-c3ccccc3C43c4ccccc4N(c4ccccc4)c4ccccc43)cc21. The second-order valence-electron chi connectivity index (χ2n) is 16.5. The van der Waals surface area contributed by atoms with Gasteiger partial charge >= 0.3 is 0 Å². The lowest BCUT2D eigenvalue weighted by Gasteiger charge is -2.45. The van der Waals surface area contributed by atoms with Crippen molar-refractivity contribution < 1.29 is 0 Å². The summed E-state index contributed by atoms with van der Waals surface area (Å²) in [5, 5.41) is 2.46. The van der Waals surface area contributed by atoms with E-state index in [1.807, 2.05) is 0 Å². The molecule has 0 bridgehead atoms. The fourth-order valence-corrected chi connectivity index (χ4v) is 10.8. The second kappa shape index (κ2) is 12.2. The van der Waals surface area contributed by atoms with Crippen LogP contribution in [0.3, 0.4) is 0 Å². The highest BCUT2D eigenvalue weighted by atomic mass is 15.2. The molecule has 1 spiro atoms. The average Bonchev–Trinajstić information content (AvgIpc) is 3.70. The summed E-state index contributed by atoms with van der Waals surface area (Å²) in [6.07, 6.45) is 0. The molecule has 274 valence electrons. The Hall–Kier alpha value is -7.16. The van der Waals surface area contributed by atoms with Crippen molar-refractivity contribution in [3.8, 4) is 22.3 Å². The molecule has 9 aromatic carbocycles. The normalized spacial score (nSPS) is 14.6. The fraction of sp³-hybridized carbons (Fsp3) is 0.0714. The summed E-state index contributed by atoms with van der Waals surface area (Å²) in [6.45, 7) is 4.75. The van der Waals surface area contributed by atoms with Crippen LogP contribution in [0.2, 0.25) is 0 Å². The Kier molecular flexibility index (Phi) is 6.93. The molecule has 0 amide bonds. The van der Waals surface area contributed by atoms with Crippen LogP contribution in [0.15, 0.2) is 206 Å². The maximum absolute atomic E-state index is 2.53. The molecule has 2 heteroatoms. The summed E-state index contributed by atoms with van der Waals surface area (Å²) in [7, 11) is 0. The molecule has 0 radical (unpaired) electrons. The fourth-order valence-electron chi connectivity index (χ4n) is 10.8. The second-order valence-corrected chi connectivity index (χ2v) is 16.5. The number of benzene rings is 9. The monoisotopic (exact) mass is 740 g/mol. The zero-order valence-corrected chi connectivity index (χ0v) is 32.5. The lowest BCUT2D eigenvalue weighted by atomic mass is 9.64. The van der Waals surface area contributed by atoms with Crippen molar-refractivity contribution in [2.24, 2.45) is 0 Å². The summed E-state index contributed by atoms with van der Waals surface area (Å²) in [6, 6.07) is 76.8. The molecular weight excluding hydrogens is 701 g/mol. The summed E-state index contributed by atoms with van der Waals surface area (Å²) in [5.41, 5.74) is 19.5. The molecule has 0 unspecified atom stereocenters. The minimum absolute atomic E-state index is 0.133. The Morgan fingerprint density at radius 3 is 1.69 bits per heavy atom. The molecule has 12 rings (SSSR count). The van der Waals surface area contributed by atoms with Gasteiger partial charge in [-0.05, 0) is 115 Å². The highest BCUT2D eigenvalue weighted by Crippen LogP contribution is 2.65. The first-order valence-electron chi connectivity index (χ1n) is 20.4. The van der Waals surface area contributed by atoms with Gasteiger partial charge in [0.1, 0.15) is 0 Å². The van der Waals surface area contributed by atoms with E-state index in [-0.39, 0.29) is 5.41 Å². The molecule has 2 nitrogen and oxygen atoms in total. The van der Waals surface area contributed by atoms with Crippen LogP contribution in [0.25, 0.3) is 33.0 Å². The Bertz CT molecular complexity index is 3070. The van der Waals surface area contributed by atoms with Crippen LogP contribution < -0.4 is 9.80 Å². The summed E-state index contributed by atoms with van der Waals surface area (Å²) in [5.74, 6) is 0. The number of anilines is 6. The molecule has 0 aromatic heterocycles. The smallest absolute Gasteiger partial charge is 0.0755 e. The Balaban J connectivity index is 1.16. The van der Waals surface area contributed by atoms with Gasteiger partial charge in [-0.15, -0.1) is 0 Å². The van der Waals surface area contributed by atoms with Crippen molar-refractivity contribution in [3.63, 3.8) is 0 Å². The van der Waals surface area contributed by atoms with Gasteiger partial charge in [-0.1, -0.05) is 166 Å². The zero-order chi connectivity index (χ0) is 38.6. The maximum Gasteiger partial charge on any atom is 0.0755 e. The third kappa shape index (κ3) is 4.38. The van der Waals surface area contributed by atoms with Crippen molar-refractivity contribution in [2.45, 2.75) is 24.7 Å². The first kappa shape index (κ1) is 33.0. The molecule has 58 heavy (non-hydrogen) atoms. The van der Waals surface area contributed by atoms with Crippen molar-refractivity contribution >= 4 is 44.9 Å². The maximum atomic E-state index is 2.53. The first-order valence-corrected chi connectivity index (χ1v) is 20.4. The van der Waals surface area contributed by atoms with Crippen molar-refractivity contribution in [3.05, 3.63) is 240 Å². The van der Waals surface area contributed by atoms with E-state index in [2.05, 4.69) is 230 Å².